The maximum absolute atomic E-state index is 12.6. The molecule has 1 saturated carbocycles. The van der Waals surface area contributed by atoms with Crippen LogP contribution in [0.1, 0.15) is 52.0 Å². The summed E-state index contributed by atoms with van der Waals surface area (Å²) in [4.78, 5) is 39.5. The highest BCUT2D eigenvalue weighted by Crippen LogP contribution is 2.36. The molecule has 30 heavy (non-hydrogen) atoms. The highest BCUT2D eigenvalue weighted by Gasteiger charge is 2.42. The molecule has 3 rings (SSSR count). The van der Waals surface area contributed by atoms with Gasteiger partial charge in [-0.05, 0) is 37.3 Å². The van der Waals surface area contributed by atoms with Crippen LogP contribution in [0.25, 0.3) is 0 Å². The van der Waals surface area contributed by atoms with Crippen molar-refractivity contribution >= 4 is 23.5 Å². The Labute approximate surface area is 177 Å². The Balaban J connectivity index is 1.57. The van der Waals surface area contributed by atoms with Crippen LogP contribution in [0.3, 0.4) is 0 Å². The zero-order valence-corrected chi connectivity index (χ0v) is 17.8. The number of para-hydroxylation sites is 1. The number of anilines is 1. The van der Waals surface area contributed by atoms with Crippen molar-refractivity contribution in [1.29, 1.82) is 5.26 Å². The molecule has 1 aliphatic heterocycles. The minimum atomic E-state index is -1.03. The molecule has 1 N–H and O–H groups in total. The van der Waals surface area contributed by atoms with Crippen molar-refractivity contribution < 1.29 is 19.1 Å². The number of ether oxygens (including phenoxy) is 1. The quantitative estimate of drug-likeness (QED) is 0.751. The molecule has 7 nitrogen and oxygen atoms in total. The molecule has 2 amide bonds. The molecule has 2 aliphatic rings. The normalized spacial score (nSPS) is 27.3. The van der Waals surface area contributed by atoms with Gasteiger partial charge in [-0.3, -0.25) is 14.4 Å². The van der Waals surface area contributed by atoms with Crippen molar-refractivity contribution in [2.24, 2.45) is 17.8 Å². The first kappa shape index (κ1) is 21.8. The molecule has 0 bridgehead atoms. The number of amides is 2. The van der Waals surface area contributed by atoms with Gasteiger partial charge in [0.25, 0.3) is 5.91 Å². The molecule has 160 valence electrons. The van der Waals surface area contributed by atoms with E-state index in [1.165, 1.54) is 13.3 Å². The number of carbonyl (C=O) groups is 3. The SMILES string of the molecule is C[C@@H]1[C@H](C)CCC[C@H]1N1C[C@H](C(=O)O[C@@H](C)C(=O)Nc2ccccc2C#N)CC1=O. The van der Waals surface area contributed by atoms with Gasteiger partial charge in [0, 0.05) is 19.0 Å². The predicted octanol–water partition coefficient (Wildman–Crippen LogP) is 3.10. The number of nitriles is 1. The highest BCUT2D eigenvalue weighted by atomic mass is 16.5. The number of hydrogen-bond donors (Lipinski definition) is 1. The predicted molar refractivity (Wildman–Crippen MR) is 111 cm³/mol. The molecule has 0 radical (unpaired) electrons. The topological polar surface area (TPSA) is 99.5 Å². The summed E-state index contributed by atoms with van der Waals surface area (Å²) in [6.07, 6.45) is 2.34. The van der Waals surface area contributed by atoms with Crippen LogP contribution in [0, 0.1) is 29.1 Å². The largest absolute Gasteiger partial charge is 0.452 e. The van der Waals surface area contributed by atoms with Crippen molar-refractivity contribution in [3.63, 3.8) is 0 Å². The second-order valence-corrected chi connectivity index (χ2v) is 8.51. The summed E-state index contributed by atoms with van der Waals surface area (Å²) in [5.41, 5.74) is 0.702. The Bertz CT molecular complexity index is 862. The molecule has 1 aromatic rings. The van der Waals surface area contributed by atoms with Crippen molar-refractivity contribution in [3.05, 3.63) is 29.8 Å². The zero-order chi connectivity index (χ0) is 21.8. The third kappa shape index (κ3) is 4.64. The molecule has 2 fully saturated rings. The van der Waals surface area contributed by atoms with Gasteiger partial charge in [-0.25, -0.2) is 0 Å². The van der Waals surface area contributed by atoms with Gasteiger partial charge in [-0.15, -0.1) is 0 Å². The maximum atomic E-state index is 12.6. The molecule has 7 heteroatoms. The van der Waals surface area contributed by atoms with Gasteiger partial charge in [0.15, 0.2) is 6.10 Å². The van der Waals surface area contributed by atoms with E-state index < -0.39 is 23.9 Å². The van der Waals surface area contributed by atoms with Crippen LogP contribution in [0.2, 0.25) is 0 Å². The van der Waals surface area contributed by atoms with E-state index in [4.69, 9.17) is 10.00 Å². The molecular weight excluding hydrogens is 382 g/mol. The van der Waals surface area contributed by atoms with E-state index >= 15 is 0 Å². The lowest BCUT2D eigenvalue weighted by atomic mass is 9.77. The van der Waals surface area contributed by atoms with Gasteiger partial charge in [0.1, 0.15) is 6.07 Å². The number of esters is 1. The van der Waals surface area contributed by atoms with Crippen LogP contribution < -0.4 is 5.32 Å². The van der Waals surface area contributed by atoms with E-state index in [2.05, 4.69) is 19.2 Å². The minimum absolute atomic E-state index is 0.0112. The standard InChI is InChI=1S/C23H29N3O4/c1-14-7-6-10-20(15(14)2)26-13-18(11-21(26)27)23(29)30-16(3)22(28)25-19-9-5-4-8-17(19)12-24/h4-5,8-9,14-16,18,20H,6-7,10-11,13H2,1-3H3,(H,25,28)/t14-,15-,16+,18-,20-/m1/s1. The Morgan fingerprint density at radius 2 is 2.00 bits per heavy atom. The van der Waals surface area contributed by atoms with E-state index in [-0.39, 0.29) is 18.4 Å². The van der Waals surface area contributed by atoms with Crippen molar-refractivity contribution in [1.82, 2.24) is 4.90 Å². The van der Waals surface area contributed by atoms with Crippen LogP contribution in [0.5, 0.6) is 0 Å². The fourth-order valence-electron chi connectivity index (χ4n) is 4.45. The number of nitrogens with zero attached hydrogens (tertiary/aromatic N) is 2. The van der Waals surface area contributed by atoms with Crippen LogP contribution >= 0.6 is 0 Å². The van der Waals surface area contributed by atoms with E-state index in [1.807, 2.05) is 11.0 Å². The van der Waals surface area contributed by atoms with Crippen molar-refractivity contribution in [3.8, 4) is 6.07 Å². The minimum Gasteiger partial charge on any atom is -0.452 e. The summed E-state index contributed by atoms with van der Waals surface area (Å²) >= 11 is 0. The van der Waals surface area contributed by atoms with Crippen molar-refractivity contribution in [2.45, 2.75) is 58.6 Å². The van der Waals surface area contributed by atoms with Gasteiger partial charge in [0.05, 0.1) is 17.2 Å². The fraction of sp³-hybridized carbons (Fsp3) is 0.565. The summed E-state index contributed by atoms with van der Waals surface area (Å²) in [6, 6.07) is 8.80. The van der Waals surface area contributed by atoms with Gasteiger partial charge in [-0.2, -0.15) is 5.26 Å². The summed E-state index contributed by atoms with van der Waals surface area (Å²) in [7, 11) is 0. The Morgan fingerprint density at radius 1 is 1.27 bits per heavy atom. The Hall–Kier alpha value is -2.88. The number of rotatable bonds is 5. The molecule has 5 atom stereocenters. The molecule has 0 unspecified atom stereocenters. The first-order chi connectivity index (χ1) is 14.3. The zero-order valence-electron chi connectivity index (χ0n) is 17.8. The van der Waals surface area contributed by atoms with E-state index in [9.17, 15) is 14.4 Å². The van der Waals surface area contributed by atoms with Gasteiger partial charge in [0.2, 0.25) is 5.91 Å². The van der Waals surface area contributed by atoms with Gasteiger partial charge in [-0.1, -0.05) is 38.8 Å². The smallest absolute Gasteiger partial charge is 0.312 e. The van der Waals surface area contributed by atoms with Crippen LogP contribution in [0.15, 0.2) is 24.3 Å². The number of nitrogens with one attached hydrogen (secondary N) is 1. The number of benzene rings is 1. The van der Waals surface area contributed by atoms with Crippen LogP contribution in [-0.4, -0.2) is 41.4 Å². The lowest BCUT2D eigenvalue weighted by Crippen LogP contribution is -2.45. The first-order valence-corrected chi connectivity index (χ1v) is 10.6. The Kier molecular flexibility index (Phi) is 6.76. The lowest BCUT2D eigenvalue weighted by molar-refractivity contribution is -0.157. The summed E-state index contributed by atoms with van der Waals surface area (Å²) in [6.45, 7) is 6.24. The van der Waals surface area contributed by atoms with E-state index in [0.29, 0.717) is 29.6 Å². The first-order valence-electron chi connectivity index (χ1n) is 10.6. The summed E-state index contributed by atoms with van der Waals surface area (Å²) in [5.74, 6) is -0.642. The second-order valence-electron chi connectivity index (χ2n) is 8.51. The fourth-order valence-corrected chi connectivity index (χ4v) is 4.45. The highest BCUT2D eigenvalue weighted by molar-refractivity contribution is 5.96. The Morgan fingerprint density at radius 3 is 2.73 bits per heavy atom. The molecule has 1 aromatic carbocycles. The molecule has 1 saturated heterocycles. The summed E-state index contributed by atoms with van der Waals surface area (Å²) in [5, 5.41) is 11.7. The van der Waals surface area contributed by atoms with Crippen LogP contribution in [-0.2, 0) is 19.1 Å². The van der Waals surface area contributed by atoms with Gasteiger partial charge < -0.3 is 15.0 Å². The molecule has 1 aliphatic carbocycles. The van der Waals surface area contributed by atoms with Crippen molar-refractivity contribution in [2.75, 3.05) is 11.9 Å². The van der Waals surface area contributed by atoms with E-state index in [1.54, 1.807) is 24.3 Å². The number of likely N-dealkylation sites (tertiary alicyclic amines) is 1. The number of hydrogen-bond acceptors (Lipinski definition) is 5. The van der Waals surface area contributed by atoms with Crippen LogP contribution in [0.4, 0.5) is 5.69 Å². The third-order valence-corrected chi connectivity index (χ3v) is 6.52. The molecule has 0 spiro atoms. The monoisotopic (exact) mass is 411 g/mol. The average molecular weight is 412 g/mol. The van der Waals surface area contributed by atoms with Gasteiger partial charge >= 0.3 is 5.97 Å². The summed E-state index contributed by atoms with van der Waals surface area (Å²) < 4.78 is 5.36. The molecular formula is C23H29N3O4. The number of carbonyl (C=O) groups excluding carboxylic acids is 3. The lowest BCUT2D eigenvalue weighted by Gasteiger charge is -2.39. The molecule has 1 heterocycles. The second kappa shape index (κ2) is 9.29. The maximum Gasteiger partial charge on any atom is 0.312 e. The van der Waals surface area contributed by atoms with E-state index in [0.717, 1.165) is 12.8 Å². The third-order valence-electron chi connectivity index (χ3n) is 6.52. The average Bonchev–Trinajstić information content (AvgIpc) is 3.12. The molecule has 0 aromatic heterocycles.